The van der Waals surface area contributed by atoms with E-state index >= 15 is 0 Å². The molecule has 0 aliphatic carbocycles. The van der Waals surface area contributed by atoms with Gasteiger partial charge in [-0.25, -0.2) is 4.98 Å². The Hall–Kier alpha value is -2.40. The summed E-state index contributed by atoms with van der Waals surface area (Å²) in [6, 6.07) is 13.6. The Balaban J connectivity index is 1.63. The van der Waals surface area contributed by atoms with E-state index in [2.05, 4.69) is 9.88 Å². The Morgan fingerprint density at radius 3 is 2.65 bits per heavy atom. The van der Waals surface area contributed by atoms with Gasteiger partial charge in [0.15, 0.2) is 0 Å². The number of hydrogen-bond donors (Lipinski definition) is 0. The third-order valence-electron chi connectivity index (χ3n) is 4.03. The molecule has 5 heteroatoms. The summed E-state index contributed by atoms with van der Waals surface area (Å²) >= 11 is 0. The maximum atomic E-state index is 12.7. The van der Waals surface area contributed by atoms with Crippen LogP contribution < -0.4 is 4.90 Å². The molecule has 1 aromatic heterocycles. The molecule has 1 aromatic carbocycles. The standard InChI is InChI=1S/C18H21N3O2/c1-23-14-15-5-4-6-16(13-15)18(22)21-11-9-20(10-12-21)17-7-2-3-8-19-17/h2-8,13H,9-12,14H2,1H3. The van der Waals surface area contributed by atoms with Gasteiger partial charge >= 0.3 is 0 Å². The molecule has 1 aliphatic heterocycles. The molecular weight excluding hydrogens is 290 g/mol. The molecule has 1 fully saturated rings. The van der Waals surface area contributed by atoms with Crippen LogP contribution in [-0.4, -0.2) is 49.1 Å². The minimum absolute atomic E-state index is 0.0867. The second-order valence-electron chi connectivity index (χ2n) is 5.60. The van der Waals surface area contributed by atoms with E-state index in [0.29, 0.717) is 19.7 Å². The summed E-state index contributed by atoms with van der Waals surface area (Å²) in [6.07, 6.45) is 1.80. The third-order valence-corrected chi connectivity index (χ3v) is 4.03. The Morgan fingerprint density at radius 1 is 1.13 bits per heavy atom. The highest BCUT2D eigenvalue weighted by atomic mass is 16.5. The van der Waals surface area contributed by atoms with Crippen molar-refractivity contribution in [3.05, 3.63) is 59.8 Å². The van der Waals surface area contributed by atoms with Crippen molar-refractivity contribution in [1.29, 1.82) is 0 Å². The molecule has 120 valence electrons. The zero-order valence-corrected chi connectivity index (χ0v) is 13.3. The number of nitrogens with zero attached hydrogens (tertiary/aromatic N) is 3. The van der Waals surface area contributed by atoms with Gasteiger partial charge in [-0.1, -0.05) is 18.2 Å². The number of hydrogen-bond acceptors (Lipinski definition) is 4. The van der Waals surface area contributed by atoms with Crippen molar-refractivity contribution in [2.75, 3.05) is 38.2 Å². The van der Waals surface area contributed by atoms with E-state index in [1.807, 2.05) is 47.4 Å². The van der Waals surface area contributed by atoms with Crippen LogP contribution in [0.25, 0.3) is 0 Å². The number of anilines is 1. The van der Waals surface area contributed by atoms with Gasteiger partial charge in [-0.15, -0.1) is 0 Å². The molecule has 5 nitrogen and oxygen atoms in total. The summed E-state index contributed by atoms with van der Waals surface area (Å²) in [7, 11) is 1.66. The molecule has 3 rings (SSSR count). The molecule has 1 saturated heterocycles. The van der Waals surface area contributed by atoms with E-state index in [0.717, 1.165) is 30.0 Å². The van der Waals surface area contributed by atoms with Crippen molar-refractivity contribution in [1.82, 2.24) is 9.88 Å². The Bertz CT molecular complexity index is 652. The number of amides is 1. The highest BCUT2D eigenvalue weighted by molar-refractivity contribution is 5.94. The van der Waals surface area contributed by atoms with Crippen molar-refractivity contribution < 1.29 is 9.53 Å². The second-order valence-corrected chi connectivity index (χ2v) is 5.60. The van der Waals surface area contributed by atoms with Gasteiger partial charge in [0, 0.05) is 45.0 Å². The minimum atomic E-state index is 0.0867. The number of rotatable bonds is 4. The van der Waals surface area contributed by atoms with Crippen LogP contribution in [0.4, 0.5) is 5.82 Å². The number of methoxy groups -OCH3 is 1. The van der Waals surface area contributed by atoms with Gasteiger partial charge in [-0.2, -0.15) is 0 Å². The average Bonchev–Trinajstić information content (AvgIpc) is 2.62. The number of pyridine rings is 1. The van der Waals surface area contributed by atoms with Crippen LogP contribution in [0.1, 0.15) is 15.9 Å². The van der Waals surface area contributed by atoms with E-state index in [-0.39, 0.29) is 5.91 Å². The Morgan fingerprint density at radius 2 is 1.96 bits per heavy atom. The maximum absolute atomic E-state index is 12.7. The number of aromatic nitrogens is 1. The van der Waals surface area contributed by atoms with Gasteiger partial charge in [0.2, 0.25) is 0 Å². The molecule has 0 unspecified atom stereocenters. The first-order chi connectivity index (χ1) is 11.3. The minimum Gasteiger partial charge on any atom is -0.380 e. The third kappa shape index (κ3) is 3.68. The number of ether oxygens (including phenoxy) is 1. The number of carbonyl (C=O) groups is 1. The van der Waals surface area contributed by atoms with Gasteiger partial charge in [-0.05, 0) is 29.8 Å². The molecule has 0 N–H and O–H groups in total. The molecule has 0 spiro atoms. The number of carbonyl (C=O) groups excluding carboxylic acids is 1. The quantitative estimate of drug-likeness (QED) is 0.868. The lowest BCUT2D eigenvalue weighted by Crippen LogP contribution is -2.49. The first-order valence-corrected chi connectivity index (χ1v) is 7.81. The van der Waals surface area contributed by atoms with Crippen LogP contribution in [-0.2, 0) is 11.3 Å². The molecule has 0 radical (unpaired) electrons. The van der Waals surface area contributed by atoms with Crippen LogP contribution in [0.5, 0.6) is 0 Å². The number of benzene rings is 1. The zero-order valence-electron chi connectivity index (χ0n) is 13.3. The topological polar surface area (TPSA) is 45.7 Å². The van der Waals surface area contributed by atoms with Crippen molar-refractivity contribution in [3.63, 3.8) is 0 Å². The average molecular weight is 311 g/mol. The highest BCUT2D eigenvalue weighted by Crippen LogP contribution is 2.15. The SMILES string of the molecule is COCc1cccc(C(=O)N2CCN(c3ccccn3)CC2)c1. The van der Waals surface area contributed by atoms with Crippen LogP contribution in [0.3, 0.4) is 0 Å². The van der Waals surface area contributed by atoms with Crippen LogP contribution >= 0.6 is 0 Å². The summed E-state index contributed by atoms with van der Waals surface area (Å²) < 4.78 is 5.13. The van der Waals surface area contributed by atoms with E-state index in [9.17, 15) is 4.79 Å². The molecule has 1 amide bonds. The maximum Gasteiger partial charge on any atom is 0.253 e. The predicted molar refractivity (Wildman–Crippen MR) is 89.5 cm³/mol. The summed E-state index contributed by atoms with van der Waals surface area (Å²) in [5.74, 6) is 1.06. The molecule has 2 heterocycles. The fraction of sp³-hybridized carbons (Fsp3) is 0.333. The summed E-state index contributed by atoms with van der Waals surface area (Å²) in [4.78, 5) is 21.1. The highest BCUT2D eigenvalue weighted by Gasteiger charge is 2.22. The molecule has 0 bridgehead atoms. The van der Waals surface area contributed by atoms with Gasteiger partial charge in [0.25, 0.3) is 5.91 Å². The molecule has 2 aromatic rings. The smallest absolute Gasteiger partial charge is 0.253 e. The van der Waals surface area contributed by atoms with Crippen molar-refractivity contribution >= 4 is 11.7 Å². The van der Waals surface area contributed by atoms with Crippen LogP contribution in [0.2, 0.25) is 0 Å². The van der Waals surface area contributed by atoms with Crippen molar-refractivity contribution in [2.45, 2.75) is 6.61 Å². The van der Waals surface area contributed by atoms with Gasteiger partial charge in [-0.3, -0.25) is 4.79 Å². The van der Waals surface area contributed by atoms with Gasteiger partial charge < -0.3 is 14.5 Å². The summed E-state index contributed by atoms with van der Waals surface area (Å²) in [5, 5.41) is 0. The van der Waals surface area contributed by atoms with E-state index in [1.165, 1.54) is 0 Å². The molecule has 23 heavy (non-hydrogen) atoms. The number of piperazine rings is 1. The predicted octanol–water partition coefficient (Wildman–Crippen LogP) is 2.19. The molecular formula is C18H21N3O2. The Labute approximate surface area is 136 Å². The largest absolute Gasteiger partial charge is 0.380 e. The van der Waals surface area contributed by atoms with E-state index in [4.69, 9.17) is 4.74 Å². The van der Waals surface area contributed by atoms with Crippen molar-refractivity contribution in [3.8, 4) is 0 Å². The fourth-order valence-electron chi connectivity index (χ4n) is 2.82. The first kappa shape index (κ1) is 15.5. The van der Waals surface area contributed by atoms with E-state index < -0.39 is 0 Å². The van der Waals surface area contributed by atoms with E-state index in [1.54, 1.807) is 13.3 Å². The van der Waals surface area contributed by atoms with Crippen molar-refractivity contribution in [2.24, 2.45) is 0 Å². The molecule has 0 saturated carbocycles. The lowest BCUT2D eigenvalue weighted by atomic mass is 10.1. The monoisotopic (exact) mass is 311 g/mol. The van der Waals surface area contributed by atoms with Gasteiger partial charge in [0.1, 0.15) is 5.82 Å². The molecule has 1 aliphatic rings. The first-order valence-electron chi connectivity index (χ1n) is 7.81. The van der Waals surface area contributed by atoms with Crippen LogP contribution in [0, 0.1) is 0 Å². The van der Waals surface area contributed by atoms with Crippen LogP contribution in [0.15, 0.2) is 48.7 Å². The summed E-state index contributed by atoms with van der Waals surface area (Å²) in [5.41, 5.74) is 1.75. The normalized spacial score (nSPS) is 14.8. The lowest BCUT2D eigenvalue weighted by molar-refractivity contribution is 0.0746. The summed E-state index contributed by atoms with van der Waals surface area (Å²) in [6.45, 7) is 3.56. The zero-order chi connectivity index (χ0) is 16.1. The fourth-order valence-corrected chi connectivity index (χ4v) is 2.82. The lowest BCUT2D eigenvalue weighted by Gasteiger charge is -2.35. The second kappa shape index (κ2) is 7.24. The van der Waals surface area contributed by atoms with Gasteiger partial charge in [0.05, 0.1) is 6.61 Å². The molecule has 0 atom stereocenters. The Kier molecular flexibility index (Phi) is 4.88.